The molecule has 1 aromatic rings. The predicted molar refractivity (Wildman–Crippen MR) is 59.9 cm³/mol. The first-order valence-corrected chi connectivity index (χ1v) is 5.43. The monoisotopic (exact) mass is 279 g/mol. The van der Waals surface area contributed by atoms with E-state index in [1.807, 2.05) is 0 Å². The van der Waals surface area contributed by atoms with Crippen molar-refractivity contribution in [1.82, 2.24) is 4.90 Å². The molecule has 1 atom stereocenters. The van der Waals surface area contributed by atoms with Gasteiger partial charge in [-0.25, -0.2) is 4.39 Å². The normalized spacial score (nSPS) is 13.6. The number of benzene rings is 1. The Kier molecular flexibility index (Phi) is 4.88. The lowest BCUT2D eigenvalue weighted by Gasteiger charge is -2.23. The molecular weight excluding hydrogens is 266 g/mol. The van der Waals surface area contributed by atoms with Crippen molar-refractivity contribution in [3.05, 3.63) is 35.6 Å². The van der Waals surface area contributed by atoms with Crippen LogP contribution in [0.2, 0.25) is 0 Å². The molecule has 0 saturated heterocycles. The number of hydrogen-bond acceptors (Lipinski definition) is 2. The third kappa shape index (κ3) is 4.51. The Morgan fingerprint density at radius 1 is 1.37 bits per heavy atom. The minimum Gasteiger partial charge on any atom is -0.481 e. The molecule has 7 heteroatoms. The second-order valence-electron chi connectivity index (χ2n) is 4.22. The van der Waals surface area contributed by atoms with Crippen LogP contribution in [0.3, 0.4) is 0 Å². The van der Waals surface area contributed by atoms with Gasteiger partial charge in [-0.3, -0.25) is 4.79 Å². The number of hydrogen-bond donors (Lipinski definition) is 1. The van der Waals surface area contributed by atoms with E-state index in [1.54, 1.807) is 6.07 Å². The fourth-order valence-corrected chi connectivity index (χ4v) is 1.62. The Hall–Kier alpha value is -1.63. The molecule has 0 bridgehead atoms. The fourth-order valence-electron chi connectivity index (χ4n) is 1.62. The average Bonchev–Trinajstić information content (AvgIpc) is 2.27. The number of nitrogens with zero attached hydrogens (tertiary/aromatic N) is 1. The summed E-state index contributed by atoms with van der Waals surface area (Å²) in [5, 5.41) is 8.56. The zero-order valence-corrected chi connectivity index (χ0v) is 10.1. The predicted octanol–water partition coefficient (Wildman–Crippen LogP) is 2.52. The minimum atomic E-state index is -4.82. The van der Waals surface area contributed by atoms with Gasteiger partial charge in [-0.05, 0) is 13.1 Å². The third-order valence-corrected chi connectivity index (χ3v) is 2.59. The van der Waals surface area contributed by atoms with Crippen molar-refractivity contribution < 1.29 is 27.5 Å². The molecule has 0 spiro atoms. The molecule has 3 nitrogen and oxygen atoms in total. The van der Waals surface area contributed by atoms with Gasteiger partial charge < -0.3 is 10.0 Å². The zero-order chi connectivity index (χ0) is 14.6. The van der Waals surface area contributed by atoms with E-state index in [1.165, 1.54) is 25.2 Å². The highest BCUT2D eigenvalue weighted by atomic mass is 19.4. The van der Waals surface area contributed by atoms with Gasteiger partial charge in [-0.15, -0.1) is 0 Å². The van der Waals surface area contributed by atoms with Crippen LogP contribution in [0.15, 0.2) is 24.3 Å². The van der Waals surface area contributed by atoms with E-state index in [0.717, 1.165) is 4.90 Å². The van der Waals surface area contributed by atoms with Crippen LogP contribution in [0, 0.1) is 11.7 Å². The molecule has 1 rings (SSSR count). The average molecular weight is 279 g/mol. The molecule has 106 valence electrons. The van der Waals surface area contributed by atoms with Crippen LogP contribution in [0.5, 0.6) is 0 Å². The third-order valence-electron chi connectivity index (χ3n) is 2.59. The van der Waals surface area contributed by atoms with Crippen molar-refractivity contribution in [2.24, 2.45) is 5.92 Å². The van der Waals surface area contributed by atoms with Gasteiger partial charge in [0.15, 0.2) is 5.92 Å². The summed E-state index contributed by atoms with van der Waals surface area (Å²) in [4.78, 5) is 11.7. The van der Waals surface area contributed by atoms with Crippen LogP contribution >= 0.6 is 0 Å². The number of rotatable bonds is 5. The molecule has 0 radical (unpaired) electrons. The molecule has 1 N–H and O–H groups in total. The highest BCUT2D eigenvalue weighted by Crippen LogP contribution is 2.27. The molecule has 19 heavy (non-hydrogen) atoms. The molecule has 1 unspecified atom stereocenters. The molecule has 0 heterocycles. The van der Waals surface area contributed by atoms with Crippen LogP contribution in [0.1, 0.15) is 5.56 Å². The number of aliphatic carboxylic acids is 1. The van der Waals surface area contributed by atoms with E-state index in [-0.39, 0.29) is 12.1 Å². The summed E-state index contributed by atoms with van der Waals surface area (Å²) in [6.45, 7) is -0.820. The van der Waals surface area contributed by atoms with Crippen LogP contribution < -0.4 is 0 Å². The summed E-state index contributed by atoms with van der Waals surface area (Å²) in [6.07, 6.45) is -4.82. The summed E-state index contributed by atoms with van der Waals surface area (Å²) in [5.41, 5.74) is 0.219. The summed E-state index contributed by atoms with van der Waals surface area (Å²) < 4.78 is 50.7. The van der Waals surface area contributed by atoms with Gasteiger partial charge in [0.25, 0.3) is 0 Å². The molecule has 1 aromatic carbocycles. The largest absolute Gasteiger partial charge is 0.481 e. The van der Waals surface area contributed by atoms with E-state index >= 15 is 0 Å². The molecule has 0 aromatic heterocycles. The van der Waals surface area contributed by atoms with Crippen molar-refractivity contribution in [1.29, 1.82) is 0 Å². The van der Waals surface area contributed by atoms with E-state index in [4.69, 9.17) is 5.11 Å². The fraction of sp³-hybridized carbons (Fsp3) is 0.417. The lowest BCUT2D eigenvalue weighted by molar-refractivity contribution is -0.196. The van der Waals surface area contributed by atoms with Crippen molar-refractivity contribution in [3.8, 4) is 0 Å². The van der Waals surface area contributed by atoms with Gasteiger partial charge in [0.1, 0.15) is 5.82 Å². The van der Waals surface area contributed by atoms with E-state index in [2.05, 4.69) is 0 Å². The highest BCUT2D eigenvalue weighted by Gasteiger charge is 2.45. The van der Waals surface area contributed by atoms with E-state index in [9.17, 15) is 22.4 Å². The second-order valence-corrected chi connectivity index (χ2v) is 4.22. The lowest BCUT2D eigenvalue weighted by Crippen LogP contribution is -2.39. The van der Waals surface area contributed by atoms with Crippen LogP contribution in [0.4, 0.5) is 17.6 Å². The Balaban J connectivity index is 2.71. The smallest absolute Gasteiger partial charge is 0.403 e. The standard InChI is InChI=1S/C12H13F4NO2/c1-17(6-8-4-2-3-5-10(8)13)7-9(11(18)19)12(14,15)16/h2-5,9H,6-7H2,1H3,(H,18,19). The molecule has 0 aliphatic carbocycles. The molecule has 0 amide bonds. The highest BCUT2D eigenvalue weighted by molar-refractivity contribution is 5.71. The molecular formula is C12H13F4NO2. The summed E-state index contributed by atoms with van der Waals surface area (Å²) in [5.74, 6) is -4.95. The van der Waals surface area contributed by atoms with Crippen molar-refractivity contribution in [2.75, 3.05) is 13.6 Å². The maximum absolute atomic E-state index is 13.3. The van der Waals surface area contributed by atoms with Crippen LogP contribution in [-0.4, -0.2) is 35.7 Å². The maximum Gasteiger partial charge on any atom is 0.403 e. The second kappa shape index (κ2) is 6.01. The summed E-state index contributed by atoms with van der Waals surface area (Å²) in [6, 6.07) is 5.66. The number of alkyl halides is 3. The first-order chi connectivity index (χ1) is 8.71. The molecule has 0 aliphatic rings. The first-order valence-electron chi connectivity index (χ1n) is 5.43. The molecule has 0 fully saturated rings. The van der Waals surface area contributed by atoms with Gasteiger partial charge in [0.05, 0.1) is 0 Å². The van der Waals surface area contributed by atoms with E-state index < -0.39 is 30.4 Å². The van der Waals surface area contributed by atoms with Gasteiger partial charge in [-0.1, -0.05) is 18.2 Å². The van der Waals surface area contributed by atoms with E-state index in [0.29, 0.717) is 0 Å². The number of carboxylic acid groups (broad SMARTS) is 1. The van der Waals surface area contributed by atoms with Crippen LogP contribution in [-0.2, 0) is 11.3 Å². The topological polar surface area (TPSA) is 40.5 Å². The lowest BCUT2D eigenvalue weighted by atomic mass is 10.1. The Labute approximate surface area is 107 Å². The Bertz CT molecular complexity index is 448. The number of halogens is 4. The van der Waals surface area contributed by atoms with Crippen molar-refractivity contribution in [3.63, 3.8) is 0 Å². The number of carboxylic acids is 1. The van der Waals surface area contributed by atoms with Gasteiger partial charge in [0.2, 0.25) is 0 Å². The Morgan fingerprint density at radius 2 is 1.95 bits per heavy atom. The molecule has 0 saturated carbocycles. The van der Waals surface area contributed by atoms with Crippen molar-refractivity contribution >= 4 is 5.97 Å². The van der Waals surface area contributed by atoms with Crippen molar-refractivity contribution in [2.45, 2.75) is 12.7 Å². The first kappa shape index (κ1) is 15.4. The summed E-state index contributed by atoms with van der Waals surface area (Å²) in [7, 11) is 1.31. The molecule has 0 aliphatic heterocycles. The Morgan fingerprint density at radius 3 is 2.42 bits per heavy atom. The zero-order valence-electron chi connectivity index (χ0n) is 10.1. The summed E-state index contributed by atoms with van der Waals surface area (Å²) >= 11 is 0. The maximum atomic E-state index is 13.3. The quantitative estimate of drug-likeness (QED) is 0.842. The van der Waals surface area contributed by atoms with Gasteiger partial charge in [-0.2, -0.15) is 13.2 Å². The van der Waals surface area contributed by atoms with Gasteiger partial charge >= 0.3 is 12.1 Å². The van der Waals surface area contributed by atoms with Crippen LogP contribution in [0.25, 0.3) is 0 Å². The van der Waals surface area contributed by atoms with Gasteiger partial charge in [0, 0.05) is 18.7 Å². The SMILES string of the molecule is CN(Cc1ccccc1F)CC(C(=O)O)C(F)(F)F. The minimum absolute atomic E-state index is 0.0907. The number of carbonyl (C=O) groups is 1.